The summed E-state index contributed by atoms with van der Waals surface area (Å²) in [6, 6.07) is 0.574. The summed E-state index contributed by atoms with van der Waals surface area (Å²) in [5, 5.41) is -0.290. The van der Waals surface area contributed by atoms with E-state index < -0.39 is 0 Å². The molecule has 0 aromatic rings. The van der Waals surface area contributed by atoms with Gasteiger partial charge in [-0.1, -0.05) is 0 Å². The summed E-state index contributed by atoms with van der Waals surface area (Å²) >= 11 is 5.42. The third kappa shape index (κ3) is 1.97. The molecule has 0 spiro atoms. The van der Waals surface area contributed by atoms with Gasteiger partial charge in [0, 0.05) is 19.1 Å². The number of carbonyl (C=O) groups excluding carboxylic acids is 1. The fraction of sp³-hybridized carbons (Fsp3) is 0.889. The van der Waals surface area contributed by atoms with Gasteiger partial charge in [-0.25, -0.2) is 0 Å². The fourth-order valence-corrected chi connectivity index (χ4v) is 2.46. The highest BCUT2D eigenvalue weighted by atomic mass is 35.5. The monoisotopic (exact) mass is 202 g/mol. The van der Waals surface area contributed by atoms with Crippen molar-refractivity contribution in [2.24, 2.45) is 0 Å². The van der Waals surface area contributed by atoms with Crippen molar-refractivity contribution in [1.82, 2.24) is 9.80 Å². The number of nitrogens with zero attached hydrogens (tertiary/aromatic N) is 2. The minimum atomic E-state index is -0.290. The van der Waals surface area contributed by atoms with Crippen LogP contribution in [0.5, 0.6) is 0 Å². The van der Waals surface area contributed by atoms with Crippen LogP contribution in [0.2, 0.25) is 0 Å². The number of carbonyl (C=O) groups is 1. The standard InChI is InChI=1S/C9H15ClN2O/c10-9(13)12-6-3-8(7-12)11-4-1-2-5-11/h8H,1-7H2. The maximum atomic E-state index is 10.9. The van der Waals surface area contributed by atoms with Gasteiger partial charge in [0.15, 0.2) is 0 Å². The highest BCUT2D eigenvalue weighted by molar-refractivity contribution is 6.62. The van der Waals surface area contributed by atoms with Crippen LogP contribution in [-0.4, -0.2) is 47.4 Å². The molecular weight excluding hydrogens is 188 g/mol. The maximum absolute atomic E-state index is 10.9. The second-order valence-electron chi connectivity index (χ2n) is 3.88. The molecule has 4 heteroatoms. The van der Waals surface area contributed by atoms with Gasteiger partial charge in [-0.15, -0.1) is 0 Å². The molecule has 2 aliphatic rings. The van der Waals surface area contributed by atoms with Crippen molar-refractivity contribution in [3.05, 3.63) is 0 Å². The predicted molar refractivity (Wildman–Crippen MR) is 52.0 cm³/mol. The summed E-state index contributed by atoms with van der Waals surface area (Å²) in [5.41, 5.74) is 0. The Morgan fingerprint density at radius 1 is 1.23 bits per heavy atom. The number of hydrogen-bond acceptors (Lipinski definition) is 2. The van der Waals surface area contributed by atoms with Crippen molar-refractivity contribution in [3.63, 3.8) is 0 Å². The van der Waals surface area contributed by atoms with Crippen LogP contribution in [0.25, 0.3) is 0 Å². The summed E-state index contributed by atoms with van der Waals surface area (Å²) in [6.45, 7) is 4.08. The van der Waals surface area contributed by atoms with Crippen LogP contribution in [0.1, 0.15) is 19.3 Å². The van der Waals surface area contributed by atoms with Gasteiger partial charge in [-0.3, -0.25) is 9.69 Å². The van der Waals surface area contributed by atoms with E-state index in [-0.39, 0.29) is 5.37 Å². The lowest BCUT2D eigenvalue weighted by atomic mass is 10.2. The molecule has 0 radical (unpaired) electrons. The Morgan fingerprint density at radius 3 is 2.46 bits per heavy atom. The van der Waals surface area contributed by atoms with Crippen molar-refractivity contribution in [2.45, 2.75) is 25.3 Å². The molecule has 13 heavy (non-hydrogen) atoms. The first-order chi connectivity index (χ1) is 6.27. The van der Waals surface area contributed by atoms with E-state index in [0.717, 1.165) is 19.5 Å². The van der Waals surface area contributed by atoms with E-state index in [1.807, 2.05) is 0 Å². The van der Waals surface area contributed by atoms with E-state index in [4.69, 9.17) is 11.6 Å². The number of likely N-dealkylation sites (tertiary alicyclic amines) is 2. The average Bonchev–Trinajstić information content (AvgIpc) is 2.75. The summed E-state index contributed by atoms with van der Waals surface area (Å²) in [6.07, 6.45) is 3.72. The highest BCUT2D eigenvalue weighted by Crippen LogP contribution is 2.20. The molecule has 2 aliphatic heterocycles. The smallest absolute Gasteiger partial charge is 0.316 e. The Hall–Kier alpha value is -0.280. The van der Waals surface area contributed by atoms with Gasteiger partial charge in [-0.2, -0.15) is 0 Å². The minimum Gasteiger partial charge on any atom is -0.328 e. The molecule has 1 unspecified atom stereocenters. The zero-order chi connectivity index (χ0) is 9.26. The first kappa shape index (κ1) is 9.28. The zero-order valence-corrected chi connectivity index (χ0v) is 8.46. The van der Waals surface area contributed by atoms with Crippen molar-refractivity contribution in [3.8, 4) is 0 Å². The van der Waals surface area contributed by atoms with Crippen molar-refractivity contribution >= 4 is 17.0 Å². The zero-order valence-electron chi connectivity index (χ0n) is 7.71. The van der Waals surface area contributed by atoms with Crippen LogP contribution >= 0.6 is 11.6 Å². The third-order valence-electron chi connectivity index (χ3n) is 3.07. The highest BCUT2D eigenvalue weighted by Gasteiger charge is 2.30. The summed E-state index contributed by atoms with van der Waals surface area (Å²) < 4.78 is 0. The first-order valence-electron chi connectivity index (χ1n) is 4.96. The predicted octanol–water partition coefficient (Wildman–Crippen LogP) is 1.52. The SMILES string of the molecule is O=C(Cl)N1CCC(N2CCCC2)C1. The quantitative estimate of drug-likeness (QED) is 0.476. The Bertz CT molecular complexity index is 204. The van der Waals surface area contributed by atoms with Gasteiger partial charge < -0.3 is 4.90 Å². The van der Waals surface area contributed by atoms with E-state index in [2.05, 4.69) is 4.90 Å². The number of hydrogen-bond donors (Lipinski definition) is 0. The second-order valence-corrected chi connectivity index (χ2v) is 4.21. The molecule has 0 N–H and O–H groups in total. The van der Waals surface area contributed by atoms with Crippen LogP contribution < -0.4 is 0 Å². The topological polar surface area (TPSA) is 23.6 Å². The number of halogens is 1. The molecule has 3 nitrogen and oxygen atoms in total. The molecule has 0 aliphatic carbocycles. The lowest BCUT2D eigenvalue weighted by Gasteiger charge is -2.22. The molecule has 2 fully saturated rings. The molecule has 74 valence electrons. The molecule has 0 bridgehead atoms. The summed E-state index contributed by atoms with van der Waals surface area (Å²) in [7, 11) is 0. The maximum Gasteiger partial charge on any atom is 0.316 e. The van der Waals surface area contributed by atoms with E-state index in [1.54, 1.807) is 4.90 Å². The molecule has 1 atom stereocenters. The summed E-state index contributed by atoms with van der Waals surface area (Å²) in [5.74, 6) is 0. The molecule has 2 heterocycles. The summed E-state index contributed by atoms with van der Waals surface area (Å²) in [4.78, 5) is 15.1. The Balaban J connectivity index is 1.86. The Morgan fingerprint density at radius 2 is 1.92 bits per heavy atom. The average molecular weight is 203 g/mol. The van der Waals surface area contributed by atoms with E-state index in [1.165, 1.54) is 25.9 Å². The number of rotatable bonds is 1. The largest absolute Gasteiger partial charge is 0.328 e. The van der Waals surface area contributed by atoms with Gasteiger partial charge in [0.05, 0.1) is 0 Å². The second kappa shape index (κ2) is 3.84. The van der Waals surface area contributed by atoms with Gasteiger partial charge in [0.1, 0.15) is 0 Å². The van der Waals surface area contributed by atoms with Gasteiger partial charge in [0.25, 0.3) is 0 Å². The van der Waals surface area contributed by atoms with Crippen molar-refractivity contribution < 1.29 is 4.79 Å². The molecule has 0 saturated carbocycles. The van der Waals surface area contributed by atoms with Crippen LogP contribution in [0, 0.1) is 0 Å². The van der Waals surface area contributed by atoms with Gasteiger partial charge >= 0.3 is 5.37 Å². The van der Waals surface area contributed by atoms with Crippen LogP contribution in [-0.2, 0) is 0 Å². The van der Waals surface area contributed by atoms with Crippen LogP contribution in [0.4, 0.5) is 4.79 Å². The number of amides is 1. The molecular formula is C9H15ClN2O. The molecule has 0 aromatic heterocycles. The van der Waals surface area contributed by atoms with E-state index in [9.17, 15) is 4.79 Å². The lowest BCUT2D eigenvalue weighted by molar-refractivity contribution is 0.218. The fourth-order valence-electron chi connectivity index (χ4n) is 2.31. The van der Waals surface area contributed by atoms with Gasteiger partial charge in [-0.05, 0) is 44.0 Å². The molecule has 2 rings (SSSR count). The Labute approximate surface area is 83.6 Å². The normalized spacial score (nSPS) is 29.9. The lowest BCUT2D eigenvalue weighted by Crippen LogP contribution is -2.35. The van der Waals surface area contributed by atoms with E-state index >= 15 is 0 Å². The van der Waals surface area contributed by atoms with Crippen LogP contribution in [0.3, 0.4) is 0 Å². The third-order valence-corrected chi connectivity index (χ3v) is 3.31. The Kier molecular flexibility index (Phi) is 2.74. The minimum absolute atomic E-state index is 0.290. The molecule has 0 aromatic carbocycles. The van der Waals surface area contributed by atoms with E-state index in [0.29, 0.717) is 6.04 Å². The van der Waals surface area contributed by atoms with Crippen LogP contribution in [0.15, 0.2) is 0 Å². The van der Waals surface area contributed by atoms with Crippen molar-refractivity contribution in [1.29, 1.82) is 0 Å². The molecule has 2 saturated heterocycles. The first-order valence-corrected chi connectivity index (χ1v) is 5.33. The molecule has 1 amide bonds. The van der Waals surface area contributed by atoms with Crippen molar-refractivity contribution in [2.75, 3.05) is 26.2 Å². The van der Waals surface area contributed by atoms with Gasteiger partial charge in [0.2, 0.25) is 0 Å².